The Morgan fingerprint density at radius 2 is 1.97 bits per heavy atom. The van der Waals surface area contributed by atoms with Crippen LogP contribution in [0.1, 0.15) is 37.1 Å². The second-order valence-corrected chi connectivity index (χ2v) is 8.32. The molecule has 156 valence electrons. The Bertz CT molecular complexity index is 778. The average Bonchev–Trinajstić information content (AvgIpc) is 3.40. The summed E-state index contributed by atoms with van der Waals surface area (Å²) < 4.78 is 2.21. The minimum atomic E-state index is 0.694. The van der Waals surface area contributed by atoms with E-state index in [1.54, 1.807) is 0 Å². The lowest BCUT2D eigenvalue weighted by atomic mass is 10.1. The van der Waals surface area contributed by atoms with Gasteiger partial charge in [-0.1, -0.05) is 36.8 Å². The first-order valence-corrected chi connectivity index (χ1v) is 11.0. The predicted molar refractivity (Wildman–Crippen MR) is 118 cm³/mol. The Kier molecular flexibility index (Phi) is 6.83. The number of aliphatic imine (C=N–C) groups is 1. The van der Waals surface area contributed by atoms with Gasteiger partial charge in [-0.2, -0.15) is 0 Å². The minimum absolute atomic E-state index is 0.694. The van der Waals surface area contributed by atoms with Gasteiger partial charge in [0.2, 0.25) is 0 Å². The third-order valence-corrected chi connectivity index (χ3v) is 6.16. The van der Waals surface area contributed by atoms with Gasteiger partial charge in [-0.25, -0.2) is 4.98 Å². The number of nitrogens with one attached hydrogen (secondary N) is 1. The molecule has 2 fully saturated rings. The first kappa shape index (κ1) is 20.0. The second-order valence-electron chi connectivity index (χ2n) is 8.32. The third kappa shape index (κ3) is 5.38. The number of imidazole rings is 1. The number of piperidine rings is 1. The quantitative estimate of drug-likeness (QED) is 0.605. The molecular weight excluding hydrogens is 360 g/mol. The van der Waals surface area contributed by atoms with Crippen LogP contribution in [-0.4, -0.2) is 65.1 Å². The minimum Gasteiger partial charge on any atom is -0.349 e. The van der Waals surface area contributed by atoms with Crippen LogP contribution in [0, 0.1) is 5.92 Å². The Labute approximate surface area is 174 Å². The van der Waals surface area contributed by atoms with Crippen molar-refractivity contribution in [3.8, 4) is 0 Å². The van der Waals surface area contributed by atoms with Crippen molar-refractivity contribution in [3.63, 3.8) is 0 Å². The fourth-order valence-electron chi connectivity index (χ4n) is 4.60. The molecule has 4 rings (SSSR count). The molecule has 1 N–H and O–H groups in total. The number of guanidine groups is 1. The van der Waals surface area contributed by atoms with E-state index < -0.39 is 0 Å². The van der Waals surface area contributed by atoms with E-state index in [1.807, 2.05) is 13.2 Å². The zero-order chi connectivity index (χ0) is 19.9. The summed E-state index contributed by atoms with van der Waals surface area (Å²) in [6.07, 6.45) is 9.35. The van der Waals surface area contributed by atoms with Crippen LogP contribution in [0.4, 0.5) is 0 Å². The number of nitrogens with zero attached hydrogens (tertiary/aromatic N) is 5. The number of rotatable bonds is 6. The number of aromatic nitrogens is 2. The number of benzene rings is 1. The van der Waals surface area contributed by atoms with E-state index >= 15 is 0 Å². The zero-order valence-corrected chi connectivity index (χ0v) is 17.6. The maximum Gasteiger partial charge on any atom is 0.194 e. The second kappa shape index (κ2) is 9.92. The summed E-state index contributed by atoms with van der Waals surface area (Å²) in [4.78, 5) is 14.2. The molecule has 0 aliphatic carbocycles. The topological polar surface area (TPSA) is 48.7 Å². The molecule has 0 bridgehead atoms. The van der Waals surface area contributed by atoms with Crippen LogP contribution < -0.4 is 5.32 Å². The first-order chi connectivity index (χ1) is 14.3. The van der Waals surface area contributed by atoms with Crippen LogP contribution in [0.3, 0.4) is 0 Å². The fourth-order valence-corrected chi connectivity index (χ4v) is 4.60. The zero-order valence-electron chi connectivity index (χ0n) is 17.6. The summed E-state index contributed by atoms with van der Waals surface area (Å²) in [5.41, 5.74) is 1.29. The van der Waals surface area contributed by atoms with Crippen molar-refractivity contribution in [1.82, 2.24) is 24.7 Å². The van der Waals surface area contributed by atoms with E-state index in [2.05, 4.69) is 66.2 Å². The summed E-state index contributed by atoms with van der Waals surface area (Å²) in [5.74, 6) is 2.80. The summed E-state index contributed by atoms with van der Waals surface area (Å²) in [5, 5.41) is 3.54. The van der Waals surface area contributed by atoms with Crippen molar-refractivity contribution in [1.29, 1.82) is 0 Å². The highest BCUT2D eigenvalue weighted by atomic mass is 15.3. The fraction of sp³-hybridized carbons (Fsp3) is 0.565. The molecule has 0 saturated carbocycles. The predicted octanol–water partition coefficient (Wildman–Crippen LogP) is 2.81. The Hall–Kier alpha value is -2.34. The lowest BCUT2D eigenvalue weighted by Crippen LogP contribution is -2.41. The van der Waals surface area contributed by atoms with Gasteiger partial charge in [0.25, 0.3) is 0 Å². The van der Waals surface area contributed by atoms with Crippen LogP contribution in [0.2, 0.25) is 0 Å². The standard InChI is InChI=1S/C23H34N6/c1-24-23(29-14-10-21(19-29)17-27-12-6-3-7-13-27)26-16-22-25-11-15-28(22)18-20-8-4-2-5-9-20/h2,4-5,8-9,11,15,21H,3,6-7,10,12-14,16-19H2,1H3,(H,24,26). The van der Waals surface area contributed by atoms with Crippen molar-refractivity contribution in [2.24, 2.45) is 10.9 Å². The summed E-state index contributed by atoms with van der Waals surface area (Å²) >= 11 is 0. The van der Waals surface area contributed by atoms with Crippen LogP contribution >= 0.6 is 0 Å². The molecule has 1 aromatic heterocycles. The molecule has 1 unspecified atom stereocenters. The monoisotopic (exact) mass is 394 g/mol. The van der Waals surface area contributed by atoms with E-state index in [0.717, 1.165) is 37.3 Å². The Morgan fingerprint density at radius 1 is 1.14 bits per heavy atom. The molecule has 2 saturated heterocycles. The molecule has 3 heterocycles. The Morgan fingerprint density at radius 3 is 2.76 bits per heavy atom. The number of hydrogen-bond acceptors (Lipinski definition) is 3. The van der Waals surface area contributed by atoms with Gasteiger partial charge >= 0.3 is 0 Å². The van der Waals surface area contributed by atoms with Crippen molar-refractivity contribution in [2.45, 2.75) is 38.8 Å². The third-order valence-electron chi connectivity index (χ3n) is 6.16. The van der Waals surface area contributed by atoms with Gasteiger partial charge in [0.1, 0.15) is 5.82 Å². The maximum atomic E-state index is 4.56. The van der Waals surface area contributed by atoms with Crippen molar-refractivity contribution in [3.05, 3.63) is 54.1 Å². The Balaban J connectivity index is 1.28. The average molecular weight is 395 g/mol. The van der Waals surface area contributed by atoms with Gasteiger partial charge in [-0.05, 0) is 43.8 Å². The number of likely N-dealkylation sites (tertiary alicyclic amines) is 2. The van der Waals surface area contributed by atoms with E-state index in [9.17, 15) is 0 Å². The van der Waals surface area contributed by atoms with Gasteiger partial charge in [0, 0.05) is 45.6 Å². The molecule has 6 nitrogen and oxygen atoms in total. The maximum absolute atomic E-state index is 4.56. The van der Waals surface area contributed by atoms with Crippen LogP contribution in [0.5, 0.6) is 0 Å². The van der Waals surface area contributed by atoms with Crippen LogP contribution in [-0.2, 0) is 13.1 Å². The highest BCUT2D eigenvalue weighted by Crippen LogP contribution is 2.20. The van der Waals surface area contributed by atoms with E-state index in [1.165, 1.54) is 50.9 Å². The van der Waals surface area contributed by atoms with E-state index in [4.69, 9.17) is 0 Å². The summed E-state index contributed by atoms with van der Waals surface area (Å²) in [6, 6.07) is 10.5. The molecule has 0 amide bonds. The highest BCUT2D eigenvalue weighted by Gasteiger charge is 2.27. The van der Waals surface area contributed by atoms with E-state index in [0.29, 0.717) is 6.54 Å². The van der Waals surface area contributed by atoms with Gasteiger partial charge in [0.05, 0.1) is 6.54 Å². The van der Waals surface area contributed by atoms with E-state index in [-0.39, 0.29) is 0 Å². The van der Waals surface area contributed by atoms with Gasteiger partial charge in [-0.15, -0.1) is 0 Å². The van der Waals surface area contributed by atoms with Gasteiger partial charge in [0.15, 0.2) is 5.96 Å². The molecular formula is C23H34N6. The molecule has 0 radical (unpaired) electrons. The van der Waals surface area contributed by atoms with Crippen molar-refractivity contribution >= 4 is 5.96 Å². The highest BCUT2D eigenvalue weighted by molar-refractivity contribution is 5.80. The molecule has 29 heavy (non-hydrogen) atoms. The smallest absolute Gasteiger partial charge is 0.194 e. The molecule has 2 aliphatic rings. The molecule has 2 aliphatic heterocycles. The van der Waals surface area contributed by atoms with Gasteiger partial charge < -0.3 is 19.7 Å². The largest absolute Gasteiger partial charge is 0.349 e. The summed E-state index contributed by atoms with van der Waals surface area (Å²) in [7, 11) is 1.89. The van der Waals surface area contributed by atoms with Gasteiger partial charge in [-0.3, -0.25) is 4.99 Å². The molecule has 2 aromatic rings. The van der Waals surface area contributed by atoms with Crippen LogP contribution in [0.25, 0.3) is 0 Å². The molecule has 6 heteroatoms. The van der Waals surface area contributed by atoms with Crippen molar-refractivity contribution < 1.29 is 0 Å². The molecule has 0 spiro atoms. The molecule has 1 aromatic carbocycles. The number of hydrogen-bond donors (Lipinski definition) is 1. The SMILES string of the molecule is CN=C(NCc1nccn1Cc1ccccc1)N1CCC(CN2CCCCC2)C1. The van der Waals surface area contributed by atoms with Crippen molar-refractivity contribution in [2.75, 3.05) is 39.8 Å². The lowest BCUT2D eigenvalue weighted by Gasteiger charge is -2.29. The first-order valence-electron chi connectivity index (χ1n) is 11.0. The normalized spacial score (nSPS) is 20.9. The lowest BCUT2D eigenvalue weighted by molar-refractivity contribution is 0.198. The molecule has 1 atom stereocenters. The van der Waals surface area contributed by atoms with Crippen LogP contribution in [0.15, 0.2) is 47.7 Å². The summed E-state index contributed by atoms with van der Waals surface area (Å²) in [6.45, 7) is 7.55.